The molecular weight excluding hydrogens is 363 g/mol. The number of aromatic nitrogens is 1. The Morgan fingerprint density at radius 1 is 1.44 bits per heavy atom. The fraction of sp³-hybridized carbons (Fsp3) is 0.647. The van der Waals surface area contributed by atoms with Gasteiger partial charge in [0, 0.05) is 43.5 Å². The molecule has 0 radical (unpaired) electrons. The summed E-state index contributed by atoms with van der Waals surface area (Å²) >= 11 is 0. The molecular formula is C17H30Cl2N4O2. The molecule has 1 aliphatic rings. The van der Waals surface area contributed by atoms with Crippen molar-refractivity contribution in [1.82, 2.24) is 15.2 Å². The molecule has 1 saturated heterocycles. The van der Waals surface area contributed by atoms with Crippen LogP contribution < -0.4 is 15.8 Å². The van der Waals surface area contributed by atoms with Crippen molar-refractivity contribution < 1.29 is 9.53 Å². The average molecular weight is 393 g/mol. The number of carbonyl (C=O) groups is 1. The van der Waals surface area contributed by atoms with Gasteiger partial charge in [-0.2, -0.15) is 0 Å². The summed E-state index contributed by atoms with van der Waals surface area (Å²) < 4.78 is 5.47. The summed E-state index contributed by atoms with van der Waals surface area (Å²) in [7, 11) is 1.69. The van der Waals surface area contributed by atoms with E-state index in [-0.39, 0.29) is 36.6 Å². The van der Waals surface area contributed by atoms with Crippen molar-refractivity contribution in [2.45, 2.75) is 33.2 Å². The molecule has 1 aromatic heterocycles. The number of hydrogen-bond acceptors (Lipinski definition) is 5. The van der Waals surface area contributed by atoms with E-state index in [1.165, 1.54) is 0 Å². The molecule has 1 atom stereocenters. The van der Waals surface area contributed by atoms with E-state index in [1.54, 1.807) is 7.11 Å². The minimum atomic E-state index is 0. The third-order valence-corrected chi connectivity index (χ3v) is 4.44. The summed E-state index contributed by atoms with van der Waals surface area (Å²) in [6.07, 6.45) is 3.83. The monoisotopic (exact) mass is 392 g/mol. The van der Waals surface area contributed by atoms with Crippen LogP contribution in [0.2, 0.25) is 0 Å². The summed E-state index contributed by atoms with van der Waals surface area (Å²) in [6, 6.07) is 0. The number of nitrogens with zero attached hydrogens (tertiary/aromatic N) is 2. The van der Waals surface area contributed by atoms with Gasteiger partial charge in [0.2, 0.25) is 5.91 Å². The van der Waals surface area contributed by atoms with E-state index in [9.17, 15) is 4.79 Å². The molecule has 2 heterocycles. The van der Waals surface area contributed by atoms with Crippen molar-refractivity contribution in [3.8, 4) is 5.75 Å². The first-order valence-electron chi connectivity index (χ1n) is 8.26. The first-order valence-corrected chi connectivity index (χ1v) is 8.26. The van der Waals surface area contributed by atoms with E-state index in [1.807, 2.05) is 20.0 Å². The van der Waals surface area contributed by atoms with Crippen LogP contribution in [0.5, 0.6) is 5.75 Å². The highest BCUT2D eigenvalue weighted by atomic mass is 35.5. The summed E-state index contributed by atoms with van der Waals surface area (Å²) in [5.41, 5.74) is 8.60. The lowest BCUT2D eigenvalue weighted by molar-refractivity contribution is -0.126. The number of ether oxygens (including phenoxy) is 1. The van der Waals surface area contributed by atoms with E-state index in [2.05, 4.69) is 15.2 Å². The molecule has 0 aliphatic carbocycles. The smallest absolute Gasteiger partial charge is 0.224 e. The zero-order valence-corrected chi connectivity index (χ0v) is 16.8. The SMILES string of the molecule is COc1c(C)cnc(CN2CCCC(C(=O)NCCN)C2)c1C.Cl.Cl. The van der Waals surface area contributed by atoms with Gasteiger partial charge >= 0.3 is 0 Å². The number of hydrogen-bond donors (Lipinski definition) is 2. The predicted octanol–water partition coefficient (Wildman–Crippen LogP) is 1.84. The van der Waals surface area contributed by atoms with Crippen molar-refractivity contribution in [3.05, 3.63) is 23.0 Å². The summed E-state index contributed by atoms with van der Waals surface area (Å²) in [6.45, 7) is 7.60. The minimum Gasteiger partial charge on any atom is -0.496 e. The first-order chi connectivity index (χ1) is 11.1. The molecule has 1 fully saturated rings. The maximum Gasteiger partial charge on any atom is 0.224 e. The molecule has 0 spiro atoms. The van der Waals surface area contributed by atoms with Gasteiger partial charge in [-0.25, -0.2) is 0 Å². The maximum atomic E-state index is 12.1. The minimum absolute atomic E-state index is 0. The molecule has 8 heteroatoms. The summed E-state index contributed by atoms with van der Waals surface area (Å²) in [5.74, 6) is 1.07. The highest BCUT2D eigenvalue weighted by Gasteiger charge is 2.26. The zero-order chi connectivity index (χ0) is 16.8. The molecule has 144 valence electrons. The summed E-state index contributed by atoms with van der Waals surface area (Å²) in [5, 5.41) is 2.90. The Labute approximate surface area is 162 Å². The van der Waals surface area contributed by atoms with Gasteiger partial charge in [-0.15, -0.1) is 24.8 Å². The van der Waals surface area contributed by atoms with Crippen molar-refractivity contribution in [1.29, 1.82) is 0 Å². The molecule has 1 aromatic rings. The standard InChI is InChI=1S/C17H28N4O2.2ClH/c1-12-9-20-15(13(2)16(12)23-3)11-21-8-4-5-14(10-21)17(22)19-7-6-18;;/h9,14H,4-8,10-11,18H2,1-3H3,(H,19,22);2*1H. The first kappa shape index (κ1) is 23.9. The van der Waals surface area contributed by atoms with Crippen molar-refractivity contribution in [3.63, 3.8) is 0 Å². The normalized spacial score (nSPS) is 17.2. The maximum absolute atomic E-state index is 12.1. The third kappa shape index (κ3) is 6.29. The van der Waals surface area contributed by atoms with Gasteiger partial charge in [0.1, 0.15) is 5.75 Å². The molecule has 0 aromatic carbocycles. The van der Waals surface area contributed by atoms with Crippen LogP contribution in [0.3, 0.4) is 0 Å². The summed E-state index contributed by atoms with van der Waals surface area (Å²) in [4.78, 5) is 19.0. The van der Waals surface area contributed by atoms with Crippen molar-refractivity contribution in [2.75, 3.05) is 33.3 Å². The van der Waals surface area contributed by atoms with Crippen LogP contribution in [0.15, 0.2) is 6.20 Å². The number of methoxy groups -OCH3 is 1. The number of amides is 1. The van der Waals surface area contributed by atoms with E-state index in [4.69, 9.17) is 10.5 Å². The van der Waals surface area contributed by atoms with Gasteiger partial charge in [0.25, 0.3) is 0 Å². The van der Waals surface area contributed by atoms with E-state index in [0.717, 1.165) is 55.0 Å². The molecule has 0 saturated carbocycles. The Hall–Kier alpha value is -1.08. The van der Waals surface area contributed by atoms with Crippen LogP contribution in [0.1, 0.15) is 29.7 Å². The number of nitrogens with two attached hydrogens (primary N) is 1. The number of pyridine rings is 1. The zero-order valence-electron chi connectivity index (χ0n) is 15.2. The second-order valence-corrected chi connectivity index (χ2v) is 6.20. The Bertz CT molecular complexity index is 558. The molecule has 1 amide bonds. The van der Waals surface area contributed by atoms with E-state index < -0.39 is 0 Å². The van der Waals surface area contributed by atoms with E-state index in [0.29, 0.717) is 13.1 Å². The van der Waals surface area contributed by atoms with Crippen molar-refractivity contribution in [2.24, 2.45) is 11.7 Å². The number of rotatable bonds is 6. The molecule has 1 aliphatic heterocycles. The van der Waals surface area contributed by atoms with Crippen LogP contribution in [0.25, 0.3) is 0 Å². The van der Waals surface area contributed by atoms with Gasteiger partial charge < -0.3 is 15.8 Å². The molecule has 3 N–H and O–H groups in total. The Morgan fingerprint density at radius 2 is 2.16 bits per heavy atom. The number of aryl methyl sites for hydroxylation is 1. The molecule has 2 rings (SSSR count). The second kappa shape index (κ2) is 11.5. The Balaban J connectivity index is 0.00000288. The lowest BCUT2D eigenvalue weighted by atomic mass is 9.96. The predicted molar refractivity (Wildman–Crippen MR) is 105 cm³/mol. The quantitative estimate of drug-likeness (QED) is 0.771. The molecule has 25 heavy (non-hydrogen) atoms. The van der Waals surface area contributed by atoms with Crippen LogP contribution in [0.4, 0.5) is 0 Å². The second-order valence-electron chi connectivity index (χ2n) is 6.20. The average Bonchev–Trinajstić information content (AvgIpc) is 2.56. The number of halogens is 2. The fourth-order valence-electron chi connectivity index (χ4n) is 3.20. The number of likely N-dealkylation sites (tertiary alicyclic amines) is 1. The topological polar surface area (TPSA) is 80.5 Å². The van der Waals surface area contributed by atoms with Gasteiger partial charge in [0.15, 0.2) is 0 Å². The highest BCUT2D eigenvalue weighted by Crippen LogP contribution is 2.26. The fourth-order valence-corrected chi connectivity index (χ4v) is 3.20. The Morgan fingerprint density at radius 3 is 2.80 bits per heavy atom. The van der Waals surface area contributed by atoms with Gasteiger partial charge in [-0.1, -0.05) is 0 Å². The Kier molecular flexibility index (Phi) is 11.0. The van der Waals surface area contributed by atoms with Gasteiger partial charge in [-0.3, -0.25) is 14.7 Å². The van der Waals surface area contributed by atoms with Crippen LogP contribution in [-0.4, -0.2) is 49.1 Å². The largest absolute Gasteiger partial charge is 0.496 e. The molecule has 0 bridgehead atoms. The highest BCUT2D eigenvalue weighted by molar-refractivity contribution is 5.85. The van der Waals surface area contributed by atoms with Crippen LogP contribution in [0, 0.1) is 19.8 Å². The van der Waals surface area contributed by atoms with Crippen LogP contribution in [-0.2, 0) is 11.3 Å². The van der Waals surface area contributed by atoms with Gasteiger partial charge in [-0.05, 0) is 33.2 Å². The van der Waals surface area contributed by atoms with E-state index >= 15 is 0 Å². The third-order valence-electron chi connectivity index (χ3n) is 4.44. The number of nitrogens with one attached hydrogen (secondary N) is 1. The molecule has 6 nitrogen and oxygen atoms in total. The van der Waals surface area contributed by atoms with Crippen LogP contribution >= 0.6 is 24.8 Å². The van der Waals surface area contributed by atoms with Gasteiger partial charge in [0.05, 0.1) is 18.7 Å². The number of carbonyl (C=O) groups excluding carboxylic acids is 1. The molecule has 1 unspecified atom stereocenters. The lowest BCUT2D eigenvalue weighted by Crippen LogP contribution is -2.43. The lowest BCUT2D eigenvalue weighted by Gasteiger charge is -2.32. The van der Waals surface area contributed by atoms with Crippen molar-refractivity contribution >= 4 is 30.7 Å². The number of piperidine rings is 1.